The van der Waals surface area contributed by atoms with Crippen molar-refractivity contribution < 1.29 is 4.79 Å². The van der Waals surface area contributed by atoms with Crippen LogP contribution in [0, 0.1) is 5.92 Å². The molecule has 0 bridgehead atoms. The summed E-state index contributed by atoms with van der Waals surface area (Å²) in [4.78, 5) is 18.1. The minimum absolute atomic E-state index is 0.178. The van der Waals surface area contributed by atoms with Crippen LogP contribution < -0.4 is 5.73 Å². The van der Waals surface area contributed by atoms with Gasteiger partial charge < -0.3 is 10.6 Å². The Morgan fingerprint density at radius 2 is 2.15 bits per heavy atom. The van der Waals surface area contributed by atoms with Gasteiger partial charge in [0.1, 0.15) is 11.4 Å². The highest BCUT2D eigenvalue weighted by molar-refractivity contribution is 6.06. The number of nitrogens with two attached hydrogens (primary N) is 1. The van der Waals surface area contributed by atoms with Crippen LogP contribution in [0.4, 0.5) is 4.79 Å². The molecule has 1 aromatic carbocycles. The number of amidine groups is 1. The molecule has 2 amide bonds. The van der Waals surface area contributed by atoms with Gasteiger partial charge in [-0.1, -0.05) is 43.7 Å². The number of nitrogens with zero attached hydrogens (tertiary/aromatic N) is 2. The number of hydrogen-bond donors (Lipinski definition) is 1. The van der Waals surface area contributed by atoms with Crippen LogP contribution in [0.25, 0.3) is 0 Å². The van der Waals surface area contributed by atoms with Gasteiger partial charge in [-0.25, -0.2) is 4.79 Å². The summed E-state index contributed by atoms with van der Waals surface area (Å²) in [6, 6.07) is 9.89. The molecule has 1 aromatic rings. The first-order valence-corrected chi connectivity index (χ1v) is 7.36. The predicted molar refractivity (Wildman–Crippen MR) is 79.4 cm³/mol. The number of urea groups is 1. The lowest BCUT2D eigenvalue weighted by Gasteiger charge is -2.35. The fourth-order valence-electron chi connectivity index (χ4n) is 3.52. The van der Waals surface area contributed by atoms with Crippen LogP contribution in [0.2, 0.25) is 0 Å². The summed E-state index contributed by atoms with van der Waals surface area (Å²) in [6.07, 6.45) is 4.17. The van der Waals surface area contributed by atoms with Crippen LogP contribution >= 0.6 is 0 Å². The van der Waals surface area contributed by atoms with Crippen molar-refractivity contribution in [2.45, 2.75) is 44.7 Å². The molecular formula is C16H21N3O. The van der Waals surface area contributed by atoms with E-state index in [1.54, 1.807) is 0 Å². The van der Waals surface area contributed by atoms with Gasteiger partial charge in [0.25, 0.3) is 0 Å². The molecule has 1 heterocycles. The Balaban J connectivity index is 1.87. The zero-order valence-electron chi connectivity index (χ0n) is 11.9. The SMILES string of the molecule is CCC1CCC2(C1)C(N)=NC(=O)N2Cc1ccccc1. The average molecular weight is 271 g/mol. The van der Waals surface area contributed by atoms with Crippen LogP contribution in [-0.4, -0.2) is 22.3 Å². The van der Waals surface area contributed by atoms with Crippen molar-refractivity contribution in [2.75, 3.05) is 0 Å². The first-order valence-electron chi connectivity index (χ1n) is 7.36. The molecule has 1 spiro atoms. The Morgan fingerprint density at radius 1 is 1.40 bits per heavy atom. The molecule has 0 saturated heterocycles. The number of rotatable bonds is 3. The molecule has 1 aliphatic heterocycles. The van der Waals surface area contributed by atoms with Gasteiger partial charge in [-0.05, 0) is 30.7 Å². The van der Waals surface area contributed by atoms with E-state index in [2.05, 4.69) is 11.9 Å². The van der Waals surface area contributed by atoms with Crippen molar-refractivity contribution >= 4 is 11.9 Å². The molecule has 20 heavy (non-hydrogen) atoms. The van der Waals surface area contributed by atoms with E-state index in [4.69, 9.17) is 5.73 Å². The summed E-state index contributed by atoms with van der Waals surface area (Å²) in [5, 5.41) is 0. The zero-order valence-corrected chi connectivity index (χ0v) is 11.9. The number of benzene rings is 1. The van der Waals surface area contributed by atoms with Crippen molar-refractivity contribution in [3.05, 3.63) is 35.9 Å². The van der Waals surface area contributed by atoms with Crippen molar-refractivity contribution in [3.63, 3.8) is 0 Å². The van der Waals surface area contributed by atoms with E-state index < -0.39 is 0 Å². The van der Waals surface area contributed by atoms with Gasteiger partial charge in [-0.15, -0.1) is 0 Å². The van der Waals surface area contributed by atoms with Crippen molar-refractivity contribution in [1.29, 1.82) is 0 Å². The molecule has 2 atom stereocenters. The van der Waals surface area contributed by atoms with Crippen molar-refractivity contribution in [2.24, 2.45) is 16.6 Å². The summed E-state index contributed by atoms with van der Waals surface area (Å²) in [6.45, 7) is 2.80. The van der Waals surface area contributed by atoms with Gasteiger partial charge in [0.05, 0.1) is 0 Å². The third-order valence-electron chi connectivity index (χ3n) is 4.79. The van der Waals surface area contributed by atoms with Gasteiger partial charge in [0.15, 0.2) is 0 Å². The summed E-state index contributed by atoms with van der Waals surface area (Å²) in [7, 11) is 0. The van der Waals surface area contributed by atoms with E-state index in [1.165, 1.54) is 0 Å². The van der Waals surface area contributed by atoms with Gasteiger partial charge in [-0.3, -0.25) is 0 Å². The minimum atomic E-state index is -0.326. The monoisotopic (exact) mass is 271 g/mol. The molecule has 3 rings (SSSR count). The van der Waals surface area contributed by atoms with E-state index in [9.17, 15) is 4.79 Å². The fourth-order valence-corrected chi connectivity index (χ4v) is 3.52. The molecule has 4 heteroatoms. The molecule has 2 aliphatic rings. The molecular weight excluding hydrogens is 250 g/mol. The van der Waals surface area contributed by atoms with Gasteiger partial charge in [-0.2, -0.15) is 4.99 Å². The summed E-state index contributed by atoms with van der Waals surface area (Å²) < 4.78 is 0. The quantitative estimate of drug-likeness (QED) is 0.919. The maximum Gasteiger partial charge on any atom is 0.346 e. The second-order valence-corrected chi connectivity index (χ2v) is 5.90. The Hall–Kier alpha value is -1.84. The lowest BCUT2D eigenvalue weighted by atomic mass is 9.92. The zero-order chi connectivity index (χ0) is 14.2. The van der Waals surface area contributed by atoms with Crippen LogP contribution in [0.1, 0.15) is 38.2 Å². The Morgan fingerprint density at radius 3 is 2.80 bits per heavy atom. The van der Waals surface area contributed by atoms with Crippen LogP contribution in [-0.2, 0) is 6.54 Å². The average Bonchev–Trinajstić information content (AvgIpc) is 2.99. The summed E-state index contributed by atoms with van der Waals surface area (Å²) in [5.41, 5.74) is 6.92. The highest BCUT2D eigenvalue weighted by Crippen LogP contribution is 2.44. The smallest absolute Gasteiger partial charge is 0.346 e. The third kappa shape index (κ3) is 1.99. The Kier molecular flexibility index (Phi) is 3.24. The highest BCUT2D eigenvalue weighted by Gasteiger charge is 2.52. The first kappa shape index (κ1) is 13.2. The van der Waals surface area contributed by atoms with Crippen LogP contribution in [0.3, 0.4) is 0 Å². The molecule has 2 unspecified atom stereocenters. The van der Waals surface area contributed by atoms with Crippen LogP contribution in [0.15, 0.2) is 35.3 Å². The second-order valence-electron chi connectivity index (χ2n) is 5.90. The Bertz CT molecular complexity index is 540. The molecule has 1 saturated carbocycles. The molecule has 106 valence electrons. The molecule has 0 aromatic heterocycles. The number of hydrogen-bond acceptors (Lipinski definition) is 2. The molecule has 1 aliphatic carbocycles. The van der Waals surface area contributed by atoms with E-state index in [0.717, 1.165) is 31.2 Å². The van der Waals surface area contributed by atoms with Crippen molar-refractivity contribution in [1.82, 2.24) is 4.90 Å². The largest absolute Gasteiger partial charge is 0.385 e. The van der Waals surface area contributed by atoms with Gasteiger partial charge in [0.2, 0.25) is 0 Å². The van der Waals surface area contributed by atoms with Gasteiger partial charge in [0, 0.05) is 6.54 Å². The highest BCUT2D eigenvalue weighted by atomic mass is 16.2. The maximum absolute atomic E-state index is 12.2. The molecule has 0 radical (unpaired) electrons. The normalized spacial score (nSPS) is 29.2. The number of carbonyl (C=O) groups excluding carboxylic acids is 1. The molecule has 1 fully saturated rings. The van der Waals surface area contributed by atoms with Crippen LogP contribution in [0.5, 0.6) is 0 Å². The van der Waals surface area contributed by atoms with E-state index in [0.29, 0.717) is 18.3 Å². The first-order chi connectivity index (χ1) is 9.65. The summed E-state index contributed by atoms with van der Waals surface area (Å²) >= 11 is 0. The lowest BCUT2D eigenvalue weighted by Crippen LogP contribution is -2.52. The van der Waals surface area contributed by atoms with E-state index in [1.807, 2.05) is 35.2 Å². The van der Waals surface area contributed by atoms with Crippen molar-refractivity contribution in [3.8, 4) is 0 Å². The fraction of sp³-hybridized carbons (Fsp3) is 0.500. The molecule has 2 N–H and O–H groups in total. The topological polar surface area (TPSA) is 58.7 Å². The maximum atomic E-state index is 12.2. The Labute approximate surface area is 119 Å². The van der Waals surface area contributed by atoms with Gasteiger partial charge >= 0.3 is 6.03 Å². The number of amides is 2. The number of carbonyl (C=O) groups is 1. The lowest BCUT2D eigenvalue weighted by molar-refractivity contribution is 0.165. The van der Waals surface area contributed by atoms with E-state index in [-0.39, 0.29) is 11.6 Å². The molecule has 4 nitrogen and oxygen atoms in total. The predicted octanol–water partition coefficient (Wildman–Crippen LogP) is 2.93. The third-order valence-corrected chi connectivity index (χ3v) is 4.79. The summed E-state index contributed by atoms with van der Waals surface area (Å²) in [5.74, 6) is 1.17. The van der Waals surface area contributed by atoms with E-state index >= 15 is 0 Å². The second kappa shape index (κ2) is 4.93. The number of aliphatic imine (C=N–C) groups is 1. The minimum Gasteiger partial charge on any atom is -0.385 e. The standard InChI is InChI=1S/C16H21N3O/c1-2-12-8-9-16(10-12)14(17)18-15(20)19(16)11-13-6-4-3-5-7-13/h3-7,12H,2,8-11H2,1H3,(H2,17,18,20).